The third kappa shape index (κ3) is 4.79. The van der Waals surface area contributed by atoms with Crippen molar-refractivity contribution in [3.63, 3.8) is 0 Å². The molecular formula is C15H18ClN3O. The maximum absolute atomic E-state index is 5.85. The lowest BCUT2D eigenvalue weighted by atomic mass is 10.1. The lowest BCUT2D eigenvalue weighted by Gasteiger charge is -2.20. The maximum Gasteiger partial charge on any atom is 0.219 e. The van der Waals surface area contributed by atoms with E-state index in [1.54, 1.807) is 24.7 Å². The highest BCUT2D eigenvalue weighted by atomic mass is 35.5. The lowest BCUT2D eigenvalue weighted by molar-refractivity contribution is 0.423. The highest BCUT2D eigenvalue weighted by Gasteiger charge is 2.08. The maximum atomic E-state index is 5.85. The molecular weight excluding hydrogens is 274 g/mol. The third-order valence-electron chi connectivity index (χ3n) is 2.52. The van der Waals surface area contributed by atoms with E-state index < -0.39 is 0 Å². The molecule has 106 valence electrons. The second kappa shape index (κ2) is 6.20. The summed E-state index contributed by atoms with van der Waals surface area (Å²) in [6.45, 7) is 7.16. The van der Waals surface area contributed by atoms with Crippen LogP contribution in [0.5, 0.6) is 11.6 Å². The largest absolute Gasteiger partial charge is 0.437 e. The highest BCUT2D eigenvalue weighted by molar-refractivity contribution is 6.30. The molecule has 2 aromatic heterocycles. The van der Waals surface area contributed by atoms with Crippen LogP contribution in [0.15, 0.2) is 36.8 Å². The van der Waals surface area contributed by atoms with Gasteiger partial charge in [-0.05, 0) is 26.3 Å². The number of hydrogen-bond donors (Lipinski definition) is 1. The van der Waals surface area contributed by atoms with Crippen LogP contribution in [-0.2, 0) is 6.54 Å². The van der Waals surface area contributed by atoms with Crippen LogP contribution >= 0.6 is 11.6 Å². The Morgan fingerprint density at radius 1 is 1.20 bits per heavy atom. The smallest absolute Gasteiger partial charge is 0.219 e. The van der Waals surface area contributed by atoms with E-state index in [9.17, 15) is 0 Å². The van der Waals surface area contributed by atoms with Crippen LogP contribution in [0, 0.1) is 0 Å². The molecule has 0 amide bonds. The van der Waals surface area contributed by atoms with Crippen molar-refractivity contribution in [2.75, 3.05) is 0 Å². The zero-order chi connectivity index (χ0) is 14.6. The minimum Gasteiger partial charge on any atom is -0.437 e. The average Bonchev–Trinajstić information content (AvgIpc) is 2.37. The van der Waals surface area contributed by atoms with Gasteiger partial charge in [-0.2, -0.15) is 0 Å². The van der Waals surface area contributed by atoms with Crippen LogP contribution in [-0.4, -0.2) is 15.5 Å². The van der Waals surface area contributed by atoms with Crippen molar-refractivity contribution in [1.82, 2.24) is 15.3 Å². The number of nitrogens with zero attached hydrogens (tertiary/aromatic N) is 2. The van der Waals surface area contributed by atoms with Crippen LogP contribution < -0.4 is 10.1 Å². The molecule has 0 spiro atoms. The van der Waals surface area contributed by atoms with Gasteiger partial charge in [0.2, 0.25) is 5.88 Å². The molecule has 2 aromatic rings. The molecule has 0 aliphatic rings. The Morgan fingerprint density at radius 2 is 2.00 bits per heavy atom. The van der Waals surface area contributed by atoms with Crippen LogP contribution in [0.4, 0.5) is 0 Å². The van der Waals surface area contributed by atoms with Gasteiger partial charge in [0.1, 0.15) is 5.75 Å². The predicted molar refractivity (Wildman–Crippen MR) is 80.2 cm³/mol. The van der Waals surface area contributed by atoms with Crippen molar-refractivity contribution < 1.29 is 4.74 Å². The van der Waals surface area contributed by atoms with Crippen LogP contribution in [0.25, 0.3) is 0 Å². The number of rotatable bonds is 4. The Labute approximate surface area is 124 Å². The van der Waals surface area contributed by atoms with E-state index in [0.717, 1.165) is 12.1 Å². The zero-order valence-electron chi connectivity index (χ0n) is 11.9. The van der Waals surface area contributed by atoms with E-state index in [-0.39, 0.29) is 5.54 Å². The standard InChI is InChI=1S/C15H18ClN3O/c1-15(2,3)19-8-11-4-5-14(18-7-11)20-13-6-12(16)9-17-10-13/h4-7,9-10,19H,8H2,1-3H3. The van der Waals surface area contributed by atoms with Gasteiger partial charge in [0.15, 0.2) is 0 Å². The molecule has 0 atom stereocenters. The minimum atomic E-state index is 0.0849. The number of ether oxygens (including phenoxy) is 1. The number of halogens is 1. The van der Waals surface area contributed by atoms with Crippen molar-refractivity contribution in [2.24, 2.45) is 0 Å². The monoisotopic (exact) mass is 291 g/mol. The molecule has 0 aliphatic heterocycles. The molecule has 20 heavy (non-hydrogen) atoms. The van der Waals surface area contributed by atoms with Gasteiger partial charge in [-0.25, -0.2) is 4.98 Å². The first-order valence-corrected chi connectivity index (χ1v) is 6.78. The summed E-state index contributed by atoms with van der Waals surface area (Å²) in [5.41, 5.74) is 1.19. The highest BCUT2D eigenvalue weighted by Crippen LogP contribution is 2.21. The molecule has 5 heteroatoms. The third-order valence-corrected chi connectivity index (χ3v) is 2.73. The second-order valence-electron chi connectivity index (χ2n) is 5.55. The van der Waals surface area contributed by atoms with Gasteiger partial charge in [0.25, 0.3) is 0 Å². The molecule has 4 nitrogen and oxygen atoms in total. The van der Waals surface area contributed by atoms with Crippen molar-refractivity contribution >= 4 is 11.6 Å². The summed E-state index contributed by atoms with van der Waals surface area (Å²) in [5.74, 6) is 1.10. The van der Waals surface area contributed by atoms with E-state index in [2.05, 4.69) is 36.1 Å². The fourth-order valence-electron chi connectivity index (χ4n) is 1.51. The molecule has 2 heterocycles. The second-order valence-corrected chi connectivity index (χ2v) is 5.99. The average molecular weight is 292 g/mol. The molecule has 0 bridgehead atoms. The van der Waals surface area contributed by atoms with Gasteiger partial charge in [-0.15, -0.1) is 0 Å². The van der Waals surface area contributed by atoms with Gasteiger partial charge in [-0.3, -0.25) is 4.98 Å². The fraction of sp³-hybridized carbons (Fsp3) is 0.333. The summed E-state index contributed by atoms with van der Waals surface area (Å²) in [6.07, 6.45) is 4.96. The number of hydrogen-bond acceptors (Lipinski definition) is 4. The summed E-state index contributed by atoms with van der Waals surface area (Å²) in [5, 5.41) is 3.94. The van der Waals surface area contributed by atoms with Crippen molar-refractivity contribution in [2.45, 2.75) is 32.9 Å². The molecule has 0 saturated heterocycles. The molecule has 0 unspecified atom stereocenters. The lowest BCUT2D eigenvalue weighted by Crippen LogP contribution is -2.35. The van der Waals surface area contributed by atoms with E-state index in [0.29, 0.717) is 16.7 Å². The Balaban J connectivity index is 1.98. The van der Waals surface area contributed by atoms with Crippen LogP contribution in [0.3, 0.4) is 0 Å². The number of aromatic nitrogens is 2. The van der Waals surface area contributed by atoms with Crippen LogP contribution in [0.2, 0.25) is 5.02 Å². The van der Waals surface area contributed by atoms with Crippen molar-refractivity contribution in [1.29, 1.82) is 0 Å². The van der Waals surface area contributed by atoms with Crippen molar-refractivity contribution in [3.8, 4) is 11.6 Å². The fourth-order valence-corrected chi connectivity index (χ4v) is 1.68. The molecule has 1 N–H and O–H groups in total. The normalized spacial score (nSPS) is 11.4. The Bertz CT molecular complexity index is 564. The summed E-state index contributed by atoms with van der Waals surface area (Å²) < 4.78 is 5.58. The van der Waals surface area contributed by atoms with Gasteiger partial charge in [0.05, 0.1) is 11.2 Å². The minimum absolute atomic E-state index is 0.0849. The van der Waals surface area contributed by atoms with Gasteiger partial charge >= 0.3 is 0 Å². The van der Waals surface area contributed by atoms with E-state index in [4.69, 9.17) is 16.3 Å². The van der Waals surface area contributed by atoms with Crippen LogP contribution in [0.1, 0.15) is 26.3 Å². The molecule has 0 aliphatic carbocycles. The molecule has 0 fully saturated rings. The molecule has 0 saturated carbocycles. The summed E-state index contributed by atoms with van der Waals surface area (Å²) >= 11 is 5.85. The Kier molecular flexibility index (Phi) is 4.57. The zero-order valence-corrected chi connectivity index (χ0v) is 12.6. The summed E-state index contributed by atoms with van der Waals surface area (Å²) in [7, 11) is 0. The van der Waals surface area contributed by atoms with E-state index in [1.807, 2.05) is 12.1 Å². The van der Waals surface area contributed by atoms with Gasteiger partial charge in [0, 0.05) is 36.6 Å². The van der Waals surface area contributed by atoms with Crippen molar-refractivity contribution in [3.05, 3.63) is 47.4 Å². The number of pyridine rings is 2. The topological polar surface area (TPSA) is 47.0 Å². The molecule has 0 radical (unpaired) electrons. The predicted octanol–water partition coefficient (Wildman–Crippen LogP) is 3.81. The summed E-state index contributed by atoms with van der Waals surface area (Å²) in [4.78, 5) is 8.23. The Morgan fingerprint density at radius 3 is 2.60 bits per heavy atom. The SMILES string of the molecule is CC(C)(C)NCc1ccc(Oc2cncc(Cl)c2)nc1. The van der Waals surface area contributed by atoms with Gasteiger partial charge in [-0.1, -0.05) is 17.7 Å². The first-order valence-electron chi connectivity index (χ1n) is 6.41. The Hall–Kier alpha value is -1.65. The quantitative estimate of drug-likeness (QED) is 0.930. The van der Waals surface area contributed by atoms with E-state index in [1.165, 1.54) is 0 Å². The first-order chi connectivity index (χ1) is 9.42. The van der Waals surface area contributed by atoms with E-state index >= 15 is 0 Å². The summed E-state index contributed by atoms with van der Waals surface area (Å²) in [6, 6.07) is 5.52. The molecule has 2 rings (SSSR count). The first kappa shape index (κ1) is 14.8. The number of nitrogens with one attached hydrogen (secondary N) is 1. The van der Waals surface area contributed by atoms with Gasteiger partial charge < -0.3 is 10.1 Å². The molecule has 0 aromatic carbocycles.